The van der Waals surface area contributed by atoms with Gasteiger partial charge in [0.25, 0.3) is 0 Å². The summed E-state index contributed by atoms with van der Waals surface area (Å²) >= 11 is 0. The van der Waals surface area contributed by atoms with Gasteiger partial charge in [-0.05, 0) is 38.1 Å². The third-order valence-electron chi connectivity index (χ3n) is 2.93. The molecule has 1 aromatic heterocycles. The molecular weight excluding hydrogens is 214 g/mol. The van der Waals surface area contributed by atoms with E-state index >= 15 is 0 Å². The normalized spacial score (nSPS) is 21.7. The first-order valence-corrected chi connectivity index (χ1v) is 5.90. The van der Waals surface area contributed by atoms with E-state index in [0.29, 0.717) is 11.9 Å². The van der Waals surface area contributed by atoms with Crippen LogP contribution in [-0.4, -0.2) is 42.5 Å². The second-order valence-electron chi connectivity index (χ2n) is 4.48. The zero-order chi connectivity index (χ0) is 12.1. The van der Waals surface area contributed by atoms with Crippen molar-refractivity contribution >= 4 is 11.8 Å². The summed E-state index contributed by atoms with van der Waals surface area (Å²) < 4.78 is 0. The summed E-state index contributed by atoms with van der Waals surface area (Å²) in [6, 6.07) is 5.65. The van der Waals surface area contributed by atoms with Crippen LogP contribution in [0.25, 0.3) is 0 Å². The van der Waals surface area contributed by atoms with Crippen molar-refractivity contribution in [2.75, 3.05) is 32.0 Å². The van der Waals surface area contributed by atoms with Crippen LogP contribution in [0.1, 0.15) is 6.42 Å². The Morgan fingerprint density at radius 3 is 3.18 bits per heavy atom. The Bertz CT molecular complexity index is 376. The number of anilines is 1. The number of aliphatic imine (C=N–C) groups is 1. The molecule has 0 saturated carbocycles. The van der Waals surface area contributed by atoms with Gasteiger partial charge in [0.1, 0.15) is 5.82 Å². The molecule has 3 N–H and O–H groups in total. The largest absolute Gasteiger partial charge is 0.370 e. The molecule has 0 spiro atoms. The summed E-state index contributed by atoms with van der Waals surface area (Å²) in [5.41, 5.74) is 5.80. The molecule has 1 aromatic rings. The number of nitrogens with zero attached hydrogens (tertiary/aromatic N) is 3. The van der Waals surface area contributed by atoms with E-state index in [1.54, 1.807) is 6.20 Å². The van der Waals surface area contributed by atoms with Crippen LogP contribution in [-0.2, 0) is 0 Å². The van der Waals surface area contributed by atoms with E-state index in [2.05, 4.69) is 27.2 Å². The number of rotatable bonds is 3. The summed E-state index contributed by atoms with van der Waals surface area (Å²) in [7, 11) is 2.14. The average Bonchev–Trinajstić information content (AvgIpc) is 2.74. The van der Waals surface area contributed by atoms with Gasteiger partial charge in [0.2, 0.25) is 0 Å². The third-order valence-corrected chi connectivity index (χ3v) is 2.93. The highest BCUT2D eigenvalue weighted by atomic mass is 15.1. The summed E-state index contributed by atoms with van der Waals surface area (Å²) in [4.78, 5) is 10.8. The molecule has 0 bridgehead atoms. The average molecular weight is 233 g/mol. The van der Waals surface area contributed by atoms with Gasteiger partial charge in [0.15, 0.2) is 5.96 Å². The van der Waals surface area contributed by atoms with Crippen molar-refractivity contribution in [1.29, 1.82) is 0 Å². The highest BCUT2D eigenvalue weighted by Gasteiger charge is 2.18. The van der Waals surface area contributed by atoms with Crippen molar-refractivity contribution < 1.29 is 0 Å². The van der Waals surface area contributed by atoms with Crippen LogP contribution in [0.15, 0.2) is 29.4 Å². The fourth-order valence-corrected chi connectivity index (χ4v) is 2.01. The Kier molecular flexibility index (Phi) is 3.93. The molecule has 5 nitrogen and oxygen atoms in total. The van der Waals surface area contributed by atoms with Gasteiger partial charge in [-0.15, -0.1) is 0 Å². The zero-order valence-corrected chi connectivity index (χ0v) is 10.1. The van der Waals surface area contributed by atoms with Crippen molar-refractivity contribution in [2.45, 2.75) is 6.42 Å². The first-order valence-electron chi connectivity index (χ1n) is 5.90. The minimum absolute atomic E-state index is 0.443. The molecule has 0 radical (unpaired) electrons. The molecule has 1 aliphatic rings. The van der Waals surface area contributed by atoms with Crippen LogP contribution >= 0.6 is 0 Å². The van der Waals surface area contributed by atoms with Crippen molar-refractivity contribution in [3.63, 3.8) is 0 Å². The van der Waals surface area contributed by atoms with Crippen LogP contribution in [0, 0.1) is 5.92 Å². The number of hydrogen-bond acceptors (Lipinski definition) is 3. The molecular formula is C12H19N5. The van der Waals surface area contributed by atoms with E-state index in [1.807, 2.05) is 18.2 Å². The smallest absolute Gasteiger partial charge is 0.194 e. The van der Waals surface area contributed by atoms with E-state index in [-0.39, 0.29) is 0 Å². The Labute approximate surface area is 102 Å². The molecule has 1 aliphatic heterocycles. The maximum Gasteiger partial charge on any atom is 0.194 e. The molecule has 2 rings (SSSR count). The van der Waals surface area contributed by atoms with Gasteiger partial charge in [-0.2, -0.15) is 0 Å². The topological polar surface area (TPSA) is 66.5 Å². The van der Waals surface area contributed by atoms with Crippen LogP contribution in [0.5, 0.6) is 0 Å². The number of likely N-dealkylation sites (tertiary alicyclic amines) is 1. The van der Waals surface area contributed by atoms with Crippen LogP contribution in [0.2, 0.25) is 0 Å². The van der Waals surface area contributed by atoms with Gasteiger partial charge < -0.3 is 16.0 Å². The quantitative estimate of drug-likeness (QED) is 0.597. The lowest BCUT2D eigenvalue weighted by atomic mass is 10.1. The minimum atomic E-state index is 0.443. The molecule has 0 amide bonds. The maximum absolute atomic E-state index is 5.80. The number of nitrogens with one attached hydrogen (secondary N) is 1. The number of pyridine rings is 1. The van der Waals surface area contributed by atoms with Crippen molar-refractivity contribution in [3.8, 4) is 0 Å². The van der Waals surface area contributed by atoms with Crippen LogP contribution < -0.4 is 11.1 Å². The monoisotopic (exact) mass is 233 g/mol. The van der Waals surface area contributed by atoms with E-state index < -0.39 is 0 Å². The molecule has 0 aliphatic carbocycles. The second kappa shape index (κ2) is 5.63. The molecule has 1 unspecified atom stereocenters. The standard InChI is InChI=1S/C12H19N5/c1-17-7-5-10(9-17)8-15-12(13)16-11-4-2-3-6-14-11/h2-4,6,10H,5,7-9H2,1H3,(H3,13,14,15,16). The predicted octanol–water partition coefficient (Wildman–Crippen LogP) is 0.760. The fourth-order valence-electron chi connectivity index (χ4n) is 2.01. The number of hydrogen-bond donors (Lipinski definition) is 2. The van der Waals surface area contributed by atoms with E-state index in [9.17, 15) is 0 Å². The molecule has 2 heterocycles. The van der Waals surface area contributed by atoms with Gasteiger partial charge >= 0.3 is 0 Å². The SMILES string of the molecule is CN1CCC(CN=C(N)Nc2ccccn2)C1. The predicted molar refractivity (Wildman–Crippen MR) is 70.0 cm³/mol. The minimum Gasteiger partial charge on any atom is -0.370 e. The lowest BCUT2D eigenvalue weighted by molar-refractivity contribution is 0.397. The molecule has 1 fully saturated rings. The Hall–Kier alpha value is -1.62. The molecule has 92 valence electrons. The summed E-state index contributed by atoms with van der Waals surface area (Å²) in [6.45, 7) is 3.06. The first-order chi connectivity index (χ1) is 8.24. The van der Waals surface area contributed by atoms with Gasteiger partial charge in [-0.1, -0.05) is 6.07 Å². The summed E-state index contributed by atoms with van der Waals surface area (Å²) in [6.07, 6.45) is 2.93. The summed E-state index contributed by atoms with van der Waals surface area (Å²) in [5, 5.41) is 2.98. The number of nitrogens with two attached hydrogens (primary N) is 1. The molecule has 17 heavy (non-hydrogen) atoms. The first kappa shape index (κ1) is 11.9. The fraction of sp³-hybridized carbons (Fsp3) is 0.500. The van der Waals surface area contributed by atoms with Crippen molar-refractivity contribution in [3.05, 3.63) is 24.4 Å². The van der Waals surface area contributed by atoms with E-state index in [0.717, 1.165) is 25.5 Å². The van der Waals surface area contributed by atoms with Gasteiger partial charge in [0, 0.05) is 19.3 Å². The van der Waals surface area contributed by atoms with Gasteiger partial charge in [0.05, 0.1) is 0 Å². The zero-order valence-electron chi connectivity index (χ0n) is 10.1. The highest BCUT2D eigenvalue weighted by Crippen LogP contribution is 2.14. The van der Waals surface area contributed by atoms with Crippen molar-refractivity contribution in [1.82, 2.24) is 9.88 Å². The third kappa shape index (κ3) is 3.71. The van der Waals surface area contributed by atoms with E-state index in [4.69, 9.17) is 5.73 Å². The summed E-state index contributed by atoms with van der Waals surface area (Å²) in [5.74, 6) is 1.81. The Balaban J connectivity index is 1.81. The number of aromatic nitrogens is 1. The second-order valence-corrected chi connectivity index (χ2v) is 4.48. The lowest BCUT2D eigenvalue weighted by Crippen LogP contribution is -2.24. The van der Waals surface area contributed by atoms with Gasteiger partial charge in [-0.3, -0.25) is 4.99 Å². The maximum atomic E-state index is 5.80. The Morgan fingerprint density at radius 2 is 2.53 bits per heavy atom. The number of guanidine groups is 1. The molecule has 5 heteroatoms. The highest BCUT2D eigenvalue weighted by molar-refractivity contribution is 5.91. The van der Waals surface area contributed by atoms with Gasteiger partial charge in [-0.25, -0.2) is 4.98 Å². The lowest BCUT2D eigenvalue weighted by Gasteiger charge is -2.08. The Morgan fingerprint density at radius 1 is 1.65 bits per heavy atom. The van der Waals surface area contributed by atoms with Crippen molar-refractivity contribution in [2.24, 2.45) is 16.6 Å². The molecule has 0 aromatic carbocycles. The van der Waals surface area contributed by atoms with Crippen LogP contribution in [0.4, 0.5) is 5.82 Å². The van der Waals surface area contributed by atoms with Crippen LogP contribution in [0.3, 0.4) is 0 Å². The molecule has 1 atom stereocenters. The van der Waals surface area contributed by atoms with E-state index in [1.165, 1.54) is 6.42 Å². The molecule has 1 saturated heterocycles.